The largest absolute Gasteiger partial charge is 0.489 e. The third-order valence-corrected chi connectivity index (χ3v) is 4.67. The molecule has 6 heteroatoms. The van der Waals surface area contributed by atoms with E-state index in [-0.39, 0.29) is 0 Å². The fourth-order valence-corrected chi connectivity index (χ4v) is 3.30. The molecule has 4 rings (SSSR count). The summed E-state index contributed by atoms with van der Waals surface area (Å²) in [7, 11) is 0. The van der Waals surface area contributed by atoms with Gasteiger partial charge in [-0.15, -0.1) is 5.10 Å². The summed E-state index contributed by atoms with van der Waals surface area (Å²) in [4.78, 5) is 4.60. The van der Waals surface area contributed by atoms with Gasteiger partial charge in [0.05, 0.1) is 12.2 Å². The number of hydrogen-bond acceptors (Lipinski definition) is 5. The van der Waals surface area contributed by atoms with Crippen LogP contribution in [0.25, 0.3) is 10.9 Å². The van der Waals surface area contributed by atoms with E-state index in [1.165, 1.54) is 12.8 Å². The zero-order valence-electron chi connectivity index (χ0n) is 14.5. The van der Waals surface area contributed by atoms with Gasteiger partial charge >= 0.3 is 0 Å². The summed E-state index contributed by atoms with van der Waals surface area (Å²) < 4.78 is 7.84. The number of para-hydroxylation sites is 1. The van der Waals surface area contributed by atoms with E-state index in [1.807, 2.05) is 36.0 Å². The van der Waals surface area contributed by atoms with Gasteiger partial charge in [0.25, 0.3) is 0 Å². The normalized spacial score (nSPS) is 17.7. The van der Waals surface area contributed by atoms with Gasteiger partial charge in [-0.2, -0.15) is 0 Å². The quantitative estimate of drug-likeness (QED) is 0.775. The average Bonchev–Trinajstić information content (AvgIpc) is 3.12. The zero-order valence-corrected chi connectivity index (χ0v) is 14.5. The Morgan fingerprint density at radius 1 is 1.28 bits per heavy atom. The van der Waals surface area contributed by atoms with E-state index < -0.39 is 0 Å². The second-order valence-electron chi connectivity index (χ2n) is 6.58. The molecule has 3 heterocycles. The lowest BCUT2D eigenvalue weighted by molar-refractivity contribution is 0.292. The Labute approximate surface area is 147 Å². The van der Waals surface area contributed by atoms with Crippen LogP contribution >= 0.6 is 0 Å². The molecule has 1 atom stereocenters. The Kier molecular flexibility index (Phi) is 4.61. The summed E-state index contributed by atoms with van der Waals surface area (Å²) in [6, 6.07) is 10.1. The number of aromatic nitrogens is 4. The van der Waals surface area contributed by atoms with Gasteiger partial charge in [0.1, 0.15) is 17.9 Å². The molecule has 1 aromatic carbocycles. The molecule has 0 unspecified atom stereocenters. The topological polar surface area (TPSA) is 64.9 Å². The smallest absolute Gasteiger partial charge is 0.145 e. The molecule has 2 aromatic heterocycles. The Bertz CT molecular complexity index is 854. The van der Waals surface area contributed by atoms with E-state index in [4.69, 9.17) is 4.74 Å². The molecule has 130 valence electrons. The fraction of sp³-hybridized carbons (Fsp3) is 0.421. The second-order valence-corrected chi connectivity index (χ2v) is 6.58. The number of benzene rings is 1. The van der Waals surface area contributed by atoms with E-state index in [0.29, 0.717) is 19.1 Å². The zero-order chi connectivity index (χ0) is 17.1. The third kappa shape index (κ3) is 3.64. The van der Waals surface area contributed by atoms with Crippen molar-refractivity contribution in [3.05, 3.63) is 47.9 Å². The maximum Gasteiger partial charge on any atom is 0.145 e. The standard InChI is InChI=1S/C19H23N5O/c1-14-7-8-15-4-2-6-18(19(15)21-14)25-11-10-24-13-17(22-23-24)16-5-3-9-20-12-16/h2,4,6-8,13,16,20H,3,5,9-12H2,1H3/t16-/m0/s1. The highest BCUT2D eigenvalue weighted by atomic mass is 16.5. The molecule has 0 spiro atoms. The summed E-state index contributed by atoms with van der Waals surface area (Å²) in [6.07, 6.45) is 4.43. The van der Waals surface area contributed by atoms with Crippen LogP contribution in [0, 0.1) is 6.92 Å². The Morgan fingerprint density at radius 2 is 2.24 bits per heavy atom. The molecule has 1 fully saturated rings. The van der Waals surface area contributed by atoms with Crippen molar-refractivity contribution in [2.24, 2.45) is 0 Å². The van der Waals surface area contributed by atoms with Gasteiger partial charge in [0, 0.05) is 29.7 Å². The average molecular weight is 337 g/mol. The van der Waals surface area contributed by atoms with Gasteiger partial charge in [-0.1, -0.05) is 23.4 Å². The highest BCUT2D eigenvalue weighted by molar-refractivity contribution is 5.84. The molecule has 6 nitrogen and oxygen atoms in total. The number of fused-ring (bicyclic) bond motifs is 1. The molecular formula is C19H23N5O. The van der Waals surface area contributed by atoms with E-state index in [2.05, 4.69) is 32.7 Å². The van der Waals surface area contributed by atoms with Crippen molar-refractivity contribution in [3.63, 3.8) is 0 Å². The lowest BCUT2D eigenvalue weighted by Gasteiger charge is -2.20. The van der Waals surface area contributed by atoms with E-state index >= 15 is 0 Å². The lowest BCUT2D eigenvalue weighted by Crippen LogP contribution is -2.28. The molecule has 0 radical (unpaired) electrons. The van der Waals surface area contributed by atoms with Gasteiger partial charge < -0.3 is 10.1 Å². The summed E-state index contributed by atoms with van der Waals surface area (Å²) in [5.74, 6) is 1.30. The first-order valence-electron chi connectivity index (χ1n) is 8.89. The fourth-order valence-electron chi connectivity index (χ4n) is 3.30. The van der Waals surface area contributed by atoms with E-state index in [1.54, 1.807) is 0 Å². The van der Waals surface area contributed by atoms with Crippen molar-refractivity contribution in [1.82, 2.24) is 25.3 Å². The molecule has 1 N–H and O–H groups in total. The number of aryl methyl sites for hydroxylation is 1. The first-order valence-corrected chi connectivity index (χ1v) is 8.89. The van der Waals surface area contributed by atoms with Crippen molar-refractivity contribution < 1.29 is 4.74 Å². The van der Waals surface area contributed by atoms with Crippen LogP contribution in [0.5, 0.6) is 5.75 Å². The van der Waals surface area contributed by atoms with Gasteiger partial charge in [-0.3, -0.25) is 0 Å². The van der Waals surface area contributed by atoms with Gasteiger partial charge in [0.15, 0.2) is 0 Å². The maximum atomic E-state index is 5.97. The van der Waals surface area contributed by atoms with Crippen LogP contribution in [0.2, 0.25) is 0 Å². The first-order chi connectivity index (χ1) is 12.3. The van der Waals surface area contributed by atoms with Crippen LogP contribution < -0.4 is 10.1 Å². The van der Waals surface area contributed by atoms with Crippen LogP contribution in [0.1, 0.15) is 30.1 Å². The first kappa shape index (κ1) is 16.0. The Hall–Kier alpha value is -2.47. The highest BCUT2D eigenvalue weighted by Gasteiger charge is 2.18. The van der Waals surface area contributed by atoms with Crippen LogP contribution in [0.3, 0.4) is 0 Å². The minimum Gasteiger partial charge on any atom is -0.489 e. The van der Waals surface area contributed by atoms with Crippen molar-refractivity contribution in [1.29, 1.82) is 0 Å². The number of nitrogens with one attached hydrogen (secondary N) is 1. The van der Waals surface area contributed by atoms with Crippen LogP contribution in [0.15, 0.2) is 36.5 Å². The lowest BCUT2D eigenvalue weighted by atomic mass is 9.97. The number of pyridine rings is 1. The van der Waals surface area contributed by atoms with E-state index in [0.717, 1.165) is 41.1 Å². The molecule has 0 bridgehead atoms. The monoisotopic (exact) mass is 337 g/mol. The molecule has 0 aliphatic carbocycles. The third-order valence-electron chi connectivity index (χ3n) is 4.67. The Balaban J connectivity index is 1.40. The molecule has 25 heavy (non-hydrogen) atoms. The predicted octanol–water partition coefficient (Wildman–Crippen LogP) is 2.68. The van der Waals surface area contributed by atoms with Crippen LogP contribution in [-0.2, 0) is 6.54 Å². The molecular weight excluding hydrogens is 314 g/mol. The summed E-state index contributed by atoms with van der Waals surface area (Å²) in [5.41, 5.74) is 2.98. The maximum absolute atomic E-state index is 5.97. The Morgan fingerprint density at radius 3 is 3.12 bits per heavy atom. The number of nitrogens with zero attached hydrogens (tertiary/aromatic N) is 4. The van der Waals surface area contributed by atoms with Gasteiger partial charge in [-0.25, -0.2) is 9.67 Å². The molecule has 1 saturated heterocycles. The number of piperidine rings is 1. The van der Waals surface area contributed by atoms with Crippen molar-refractivity contribution in [2.75, 3.05) is 19.7 Å². The molecule has 0 amide bonds. The minimum atomic E-state index is 0.480. The van der Waals surface area contributed by atoms with Gasteiger partial charge in [0.2, 0.25) is 0 Å². The van der Waals surface area contributed by atoms with E-state index in [9.17, 15) is 0 Å². The van der Waals surface area contributed by atoms with Crippen LogP contribution in [0.4, 0.5) is 0 Å². The number of hydrogen-bond donors (Lipinski definition) is 1. The molecule has 1 aliphatic heterocycles. The predicted molar refractivity (Wildman–Crippen MR) is 96.8 cm³/mol. The number of rotatable bonds is 5. The molecule has 1 aliphatic rings. The SMILES string of the molecule is Cc1ccc2cccc(OCCn3cc([C@H]4CCCNC4)nn3)c2n1. The van der Waals surface area contributed by atoms with Crippen molar-refractivity contribution in [2.45, 2.75) is 32.2 Å². The summed E-state index contributed by atoms with van der Waals surface area (Å²) in [5, 5.41) is 13.1. The molecule has 0 saturated carbocycles. The summed E-state index contributed by atoms with van der Waals surface area (Å²) in [6.45, 7) is 5.32. The second kappa shape index (κ2) is 7.19. The van der Waals surface area contributed by atoms with Crippen molar-refractivity contribution in [3.8, 4) is 5.75 Å². The van der Waals surface area contributed by atoms with Crippen molar-refractivity contribution >= 4 is 10.9 Å². The summed E-state index contributed by atoms with van der Waals surface area (Å²) >= 11 is 0. The van der Waals surface area contributed by atoms with Gasteiger partial charge in [-0.05, 0) is 38.4 Å². The minimum absolute atomic E-state index is 0.480. The number of ether oxygens (including phenoxy) is 1. The van der Waals surface area contributed by atoms with Crippen LogP contribution in [-0.4, -0.2) is 39.7 Å². The highest BCUT2D eigenvalue weighted by Crippen LogP contribution is 2.24. The molecule has 3 aromatic rings.